The maximum Gasteiger partial charge on any atom is 0.174 e. The van der Waals surface area contributed by atoms with Gasteiger partial charge in [0, 0.05) is 23.3 Å². The summed E-state index contributed by atoms with van der Waals surface area (Å²) in [4.78, 5) is 6.96. The third-order valence-electron chi connectivity index (χ3n) is 7.99. The molecule has 0 amide bonds. The van der Waals surface area contributed by atoms with Crippen molar-refractivity contribution in [2.75, 3.05) is 4.90 Å². The molecule has 1 saturated heterocycles. The number of benzene rings is 3. The van der Waals surface area contributed by atoms with Gasteiger partial charge in [0.2, 0.25) is 0 Å². The first kappa shape index (κ1) is 26.8. The monoisotopic (exact) mass is 558 g/mol. The molecule has 5 nitrogen and oxygen atoms in total. The van der Waals surface area contributed by atoms with Gasteiger partial charge in [0.1, 0.15) is 11.5 Å². The van der Waals surface area contributed by atoms with Crippen molar-refractivity contribution in [2.24, 2.45) is 0 Å². The highest BCUT2D eigenvalue weighted by molar-refractivity contribution is 7.80. The van der Waals surface area contributed by atoms with Gasteiger partial charge in [-0.2, -0.15) is 0 Å². The zero-order valence-corrected chi connectivity index (χ0v) is 24.9. The third-order valence-corrected chi connectivity index (χ3v) is 8.30. The Bertz CT molecular complexity index is 1710. The molecular formula is C35H34N4OS. The molecule has 6 heteroatoms. The van der Waals surface area contributed by atoms with Gasteiger partial charge in [0.25, 0.3) is 0 Å². The molecule has 41 heavy (non-hydrogen) atoms. The Morgan fingerprint density at radius 1 is 0.780 bits per heavy atom. The number of ether oxygens (including phenoxy) is 1. The molecule has 206 valence electrons. The van der Waals surface area contributed by atoms with Gasteiger partial charge in [0.15, 0.2) is 5.11 Å². The minimum Gasteiger partial charge on any atom is -0.457 e. The van der Waals surface area contributed by atoms with Crippen molar-refractivity contribution in [3.63, 3.8) is 0 Å². The van der Waals surface area contributed by atoms with Crippen LogP contribution in [0.5, 0.6) is 11.5 Å². The number of nitrogens with zero attached hydrogens (tertiary/aromatic N) is 3. The van der Waals surface area contributed by atoms with Crippen molar-refractivity contribution >= 4 is 23.0 Å². The van der Waals surface area contributed by atoms with Crippen LogP contribution in [0, 0.1) is 34.6 Å². The SMILES string of the molecule is Cc1ccccc1Oc1ccc(N2C(=S)N[C@H](c3ccccn3)[C@@H]2c2cc(C)n(-c3c(C)cccc3C)c2C)cc1. The Morgan fingerprint density at radius 2 is 1.46 bits per heavy atom. The van der Waals surface area contributed by atoms with Crippen LogP contribution in [0.2, 0.25) is 0 Å². The quantitative estimate of drug-likeness (QED) is 0.212. The summed E-state index contributed by atoms with van der Waals surface area (Å²) in [5.74, 6) is 1.64. The van der Waals surface area contributed by atoms with Gasteiger partial charge in [-0.1, -0.05) is 42.5 Å². The van der Waals surface area contributed by atoms with Crippen LogP contribution < -0.4 is 15.0 Å². The smallest absolute Gasteiger partial charge is 0.174 e. The lowest BCUT2D eigenvalue weighted by atomic mass is 9.96. The number of nitrogens with one attached hydrogen (secondary N) is 1. The molecule has 5 aromatic rings. The Balaban J connectivity index is 1.44. The topological polar surface area (TPSA) is 42.3 Å². The largest absolute Gasteiger partial charge is 0.457 e. The standard InChI is InChI=1S/C35H34N4OS/c1-22-11-6-7-15-31(22)40-28-18-16-27(17-19-28)39-34(32(37-35(39)41)30-14-8-9-20-36-30)29-21-25(4)38(26(29)5)33-23(2)12-10-13-24(33)3/h6-21,32,34H,1-5H3,(H,37,41)/t32-,34+/m1/s1. The number of anilines is 1. The fraction of sp³-hybridized carbons (Fsp3) is 0.200. The van der Waals surface area contributed by atoms with Crippen LogP contribution in [0.25, 0.3) is 5.69 Å². The van der Waals surface area contributed by atoms with E-state index in [1.165, 1.54) is 33.8 Å². The minimum atomic E-state index is -0.112. The Hall–Kier alpha value is -4.42. The number of hydrogen-bond acceptors (Lipinski definition) is 3. The lowest BCUT2D eigenvalue weighted by Gasteiger charge is -2.28. The highest BCUT2D eigenvalue weighted by atomic mass is 32.1. The van der Waals surface area contributed by atoms with Crippen LogP contribution in [0.3, 0.4) is 0 Å². The van der Waals surface area contributed by atoms with Gasteiger partial charge in [0.05, 0.1) is 23.5 Å². The van der Waals surface area contributed by atoms with Gasteiger partial charge in [-0.15, -0.1) is 0 Å². The number of aromatic nitrogens is 2. The fourth-order valence-electron chi connectivity index (χ4n) is 6.01. The molecule has 1 aliphatic heterocycles. The molecule has 1 aliphatic rings. The minimum absolute atomic E-state index is 0.0928. The van der Waals surface area contributed by atoms with Crippen LogP contribution in [0.4, 0.5) is 5.69 Å². The van der Waals surface area contributed by atoms with E-state index in [9.17, 15) is 0 Å². The first-order chi connectivity index (χ1) is 19.8. The van der Waals surface area contributed by atoms with Crippen molar-refractivity contribution < 1.29 is 4.74 Å². The molecule has 1 fully saturated rings. The predicted molar refractivity (Wildman–Crippen MR) is 170 cm³/mol. The molecule has 0 radical (unpaired) electrons. The molecule has 3 heterocycles. The van der Waals surface area contributed by atoms with Crippen LogP contribution in [0.15, 0.2) is 97.2 Å². The summed E-state index contributed by atoms with van der Waals surface area (Å²) in [6.07, 6.45) is 1.84. The number of aryl methyl sites for hydroxylation is 4. The fourth-order valence-corrected chi connectivity index (χ4v) is 6.36. The molecule has 6 rings (SSSR count). The summed E-state index contributed by atoms with van der Waals surface area (Å²) in [6, 6.07) is 30.9. The molecule has 0 unspecified atom stereocenters. The van der Waals surface area contributed by atoms with Crippen molar-refractivity contribution in [1.82, 2.24) is 14.9 Å². The van der Waals surface area contributed by atoms with E-state index < -0.39 is 0 Å². The molecule has 3 aromatic carbocycles. The second-order valence-corrected chi connectivity index (χ2v) is 11.1. The van der Waals surface area contributed by atoms with Crippen LogP contribution in [0.1, 0.15) is 51.4 Å². The molecule has 0 bridgehead atoms. The van der Waals surface area contributed by atoms with Gasteiger partial charge in [-0.3, -0.25) is 4.98 Å². The maximum atomic E-state index is 6.18. The van der Waals surface area contributed by atoms with E-state index >= 15 is 0 Å². The molecule has 2 atom stereocenters. The number of hydrogen-bond donors (Lipinski definition) is 1. The van der Waals surface area contributed by atoms with Crippen LogP contribution >= 0.6 is 12.2 Å². The summed E-state index contributed by atoms with van der Waals surface area (Å²) in [6.45, 7) is 10.8. The van der Waals surface area contributed by atoms with Gasteiger partial charge in [-0.05, 0) is 118 Å². The van der Waals surface area contributed by atoms with Crippen molar-refractivity contribution in [2.45, 2.75) is 46.7 Å². The highest BCUT2D eigenvalue weighted by Gasteiger charge is 2.42. The van der Waals surface area contributed by atoms with E-state index in [-0.39, 0.29) is 12.1 Å². The zero-order valence-electron chi connectivity index (χ0n) is 24.1. The van der Waals surface area contributed by atoms with Crippen molar-refractivity contribution in [3.8, 4) is 17.2 Å². The molecule has 1 N–H and O–H groups in total. The van der Waals surface area contributed by atoms with Crippen LogP contribution in [-0.2, 0) is 0 Å². The van der Waals surface area contributed by atoms with Crippen molar-refractivity contribution in [1.29, 1.82) is 0 Å². The van der Waals surface area contributed by atoms with Gasteiger partial charge >= 0.3 is 0 Å². The second-order valence-electron chi connectivity index (χ2n) is 10.8. The average molecular weight is 559 g/mol. The molecule has 0 aliphatic carbocycles. The number of rotatable bonds is 6. The summed E-state index contributed by atoms with van der Waals surface area (Å²) >= 11 is 6.00. The number of para-hydroxylation sites is 2. The van der Waals surface area contributed by atoms with Crippen molar-refractivity contribution in [3.05, 3.63) is 137 Å². The average Bonchev–Trinajstić information content (AvgIpc) is 3.46. The normalized spacial score (nSPS) is 16.6. The second kappa shape index (κ2) is 10.9. The molecule has 2 aromatic heterocycles. The first-order valence-electron chi connectivity index (χ1n) is 13.9. The number of thiocarbonyl (C=S) groups is 1. The van der Waals surface area contributed by atoms with E-state index in [0.29, 0.717) is 5.11 Å². The van der Waals surface area contributed by atoms with E-state index in [1.807, 2.05) is 48.7 Å². The Labute approximate surface area is 247 Å². The first-order valence-corrected chi connectivity index (χ1v) is 14.3. The van der Waals surface area contributed by atoms with Crippen LogP contribution in [-0.4, -0.2) is 14.7 Å². The summed E-state index contributed by atoms with van der Waals surface area (Å²) in [5, 5.41) is 4.28. The maximum absolute atomic E-state index is 6.18. The molecular weight excluding hydrogens is 524 g/mol. The van der Waals surface area contributed by atoms with Gasteiger partial charge in [-0.25, -0.2) is 0 Å². The lowest BCUT2D eigenvalue weighted by Crippen LogP contribution is -2.29. The lowest BCUT2D eigenvalue weighted by molar-refractivity contribution is 0.479. The number of pyridine rings is 1. The van der Waals surface area contributed by atoms with E-state index in [4.69, 9.17) is 21.9 Å². The summed E-state index contributed by atoms with van der Waals surface area (Å²) < 4.78 is 8.57. The third kappa shape index (κ3) is 4.89. The highest BCUT2D eigenvalue weighted by Crippen LogP contribution is 2.44. The van der Waals surface area contributed by atoms with E-state index in [1.54, 1.807) is 0 Å². The molecule has 0 spiro atoms. The summed E-state index contributed by atoms with van der Waals surface area (Å²) in [7, 11) is 0. The summed E-state index contributed by atoms with van der Waals surface area (Å²) in [5.41, 5.74) is 10.4. The zero-order chi connectivity index (χ0) is 28.7. The van der Waals surface area contributed by atoms with E-state index in [0.717, 1.165) is 28.4 Å². The van der Waals surface area contributed by atoms with Gasteiger partial charge < -0.3 is 19.5 Å². The Kier molecular flexibility index (Phi) is 7.10. The molecule has 0 saturated carbocycles. The van der Waals surface area contributed by atoms with E-state index in [2.05, 4.69) is 97.9 Å². The Morgan fingerprint density at radius 3 is 2.15 bits per heavy atom. The predicted octanol–water partition coefficient (Wildman–Crippen LogP) is 8.38.